The maximum atomic E-state index is 12.3. The smallest absolute Gasteiger partial charge is 0.257 e. The van der Waals surface area contributed by atoms with Crippen molar-refractivity contribution in [2.24, 2.45) is 0 Å². The average Bonchev–Trinajstić information content (AvgIpc) is 2.42. The van der Waals surface area contributed by atoms with Crippen LogP contribution in [0.5, 0.6) is 0 Å². The lowest BCUT2D eigenvalue weighted by molar-refractivity contribution is 0.102. The van der Waals surface area contributed by atoms with Crippen molar-refractivity contribution in [1.29, 1.82) is 0 Å². The molecule has 0 saturated carbocycles. The van der Waals surface area contributed by atoms with Crippen LogP contribution in [0.15, 0.2) is 34.9 Å². The van der Waals surface area contributed by atoms with Crippen LogP contribution in [0.1, 0.15) is 15.9 Å². The Hall–Kier alpha value is -1.59. The van der Waals surface area contributed by atoms with E-state index < -0.39 is 0 Å². The van der Waals surface area contributed by atoms with Crippen LogP contribution in [0.3, 0.4) is 0 Å². The van der Waals surface area contributed by atoms with Gasteiger partial charge in [-0.3, -0.25) is 4.79 Å². The van der Waals surface area contributed by atoms with Crippen LogP contribution >= 0.6 is 27.5 Å². The summed E-state index contributed by atoms with van der Waals surface area (Å²) in [4.78, 5) is 16.3. The zero-order chi connectivity index (χ0) is 14.7. The largest absolute Gasteiger partial charge is 0.373 e. The molecule has 4 nitrogen and oxygen atoms in total. The minimum absolute atomic E-state index is 0.265. The lowest BCUT2D eigenvalue weighted by Gasteiger charge is -2.10. The first-order valence-corrected chi connectivity index (χ1v) is 7.09. The Morgan fingerprint density at radius 3 is 2.75 bits per heavy atom. The van der Waals surface area contributed by atoms with Crippen molar-refractivity contribution in [3.63, 3.8) is 0 Å². The van der Waals surface area contributed by atoms with E-state index in [0.29, 0.717) is 16.4 Å². The molecule has 2 rings (SSSR count). The fourth-order valence-electron chi connectivity index (χ4n) is 1.71. The van der Waals surface area contributed by atoms with E-state index in [1.165, 1.54) is 6.20 Å². The molecule has 1 amide bonds. The maximum Gasteiger partial charge on any atom is 0.257 e. The Morgan fingerprint density at radius 2 is 2.10 bits per heavy atom. The standard InChI is InChI=1S/C14H13BrClN3O/c1-8-5-9(15)3-4-12(8)19-14(20)10-6-13(17-2)18-7-11(10)16/h3-7H,1-2H3,(H,17,18)(H,19,20). The monoisotopic (exact) mass is 353 g/mol. The highest BCUT2D eigenvalue weighted by Gasteiger charge is 2.13. The third-order valence-corrected chi connectivity index (χ3v) is 3.59. The normalized spacial score (nSPS) is 10.2. The van der Waals surface area contributed by atoms with Crippen LogP contribution in [0, 0.1) is 6.92 Å². The summed E-state index contributed by atoms with van der Waals surface area (Å²) in [5.74, 6) is 0.325. The molecule has 0 aliphatic rings. The molecule has 0 aliphatic heterocycles. The van der Waals surface area contributed by atoms with Crippen LogP contribution in [-0.4, -0.2) is 17.9 Å². The van der Waals surface area contributed by atoms with Gasteiger partial charge in [-0.25, -0.2) is 4.98 Å². The van der Waals surface area contributed by atoms with Crippen LogP contribution in [0.2, 0.25) is 5.02 Å². The molecule has 1 heterocycles. The van der Waals surface area contributed by atoms with E-state index in [1.54, 1.807) is 13.1 Å². The van der Waals surface area contributed by atoms with Crippen LogP contribution < -0.4 is 10.6 Å². The fourth-order valence-corrected chi connectivity index (χ4v) is 2.37. The van der Waals surface area contributed by atoms with Crippen molar-refractivity contribution in [2.45, 2.75) is 6.92 Å². The Kier molecular flexibility index (Phi) is 4.62. The number of carbonyl (C=O) groups is 1. The minimum Gasteiger partial charge on any atom is -0.373 e. The van der Waals surface area contributed by atoms with Crippen molar-refractivity contribution in [1.82, 2.24) is 4.98 Å². The summed E-state index contributed by atoms with van der Waals surface area (Å²) in [5, 5.41) is 6.04. The molecule has 6 heteroatoms. The Bertz CT molecular complexity index is 661. The predicted octanol–water partition coefficient (Wildman–Crippen LogP) is 4.10. The van der Waals surface area contributed by atoms with Crippen molar-refractivity contribution in [3.05, 3.63) is 51.1 Å². The van der Waals surface area contributed by atoms with Gasteiger partial charge >= 0.3 is 0 Å². The summed E-state index contributed by atoms with van der Waals surface area (Å²) >= 11 is 9.41. The molecule has 20 heavy (non-hydrogen) atoms. The summed E-state index contributed by atoms with van der Waals surface area (Å²) in [6.45, 7) is 1.92. The van der Waals surface area contributed by atoms with Crippen molar-refractivity contribution in [2.75, 3.05) is 17.7 Å². The first-order chi connectivity index (χ1) is 9.51. The number of carbonyl (C=O) groups excluding carboxylic acids is 1. The van der Waals surface area contributed by atoms with Crippen molar-refractivity contribution >= 4 is 44.9 Å². The number of nitrogens with zero attached hydrogens (tertiary/aromatic N) is 1. The molecule has 0 atom stereocenters. The molecule has 0 bridgehead atoms. The number of anilines is 2. The number of rotatable bonds is 3. The number of amides is 1. The van der Waals surface area contributed by atoms with Gasteiger partial charge in [0.15, 0.2) is 0 Å². The van der Waals surface area contributed by atoms with Crippen molar-refractivity contribution < 1.29 is 4.79 Å². The second-order valence-corrected chi connectivity index (χ2v) is 5.54. The van der Waals surface area contributed by atoms with E-state index >= 15 is 0 Å². The molecular weight excluding hydrogens is 342 g/mol. The van der Waals surface area contributed by atoms with E-state index in [2.05, 4.69) is 31.5 Å². The first-order valence-electron chi connectivity index (χ1n) is 5.92. The number of nitrogens with one attached hydrogen (secondary N) is 2. The second-order valence-electron chi connectivity index (χ2n) is 4.21. The van der Waals surface area contributed by atoms with Gasteiger partial charge in [0.2, 0.25) is 0 Å². The first kappa shape index (κ1) is 14.8. The Morgan fingerprint density at radius 1 is 1.35 bits per heavy atom. The predicted molar refractivity (Wildman–Crippen MR) is 85.6 cm³/mol. The average molecular weight is 355 g/mol. The summed E-state index contributed by atoms with van der Waals surface area (Å²) in [6.07, 6.45) is 1.46. The van der Waals surface area contributed by atoms with Gasteiger partial charge in [0.05, 0.1) is 10.6 Å². The highest BCUT2D eigenvalue weighted by molar-refractivity contribution is 9.10. The lowest BCUT2D eigenvalue weighted by atomic mass is 10.2. The third-order valence-electron chi connectivity index (χ3n) is 2.79. The number of benzene rings is 1. The van der Waals surface area contributed by atoms with E-state index in [0.717, 1.165) is 15.7 Å². The molecule has 0 spiro atoms. The molecule has 2 N–H and O–H groups in total. The van der Waals surface area contributed by atoms with Gasteiger partial charge < -0.3 is 10.6 Å². The van der Waals surface area contributed by atoms with Gasteiger partial charge in [-0.1, -0.05) is 27.5 Å². The van der Waals surface area contributed by atoms with Crippen LogP contribution in [-0.2, 0) is 0 Å². The third kappa shape index (κ3) is 3.29. The van der Waals surface area contributed by atoms with E-state index in [9.17, 15) is 4.79 Å². The van der Waals surface area contributed by atoms with E-state index in [-0.39, 0.29) is 5.91 Å². The van der Waals surface area contributed by atoms with Crippen LogP contribution in [0.4, 0.5) is 11.5 Å². The number of pyridine rings is 1. The lowest BCUT2D eigenvalue weighted by Crippen LogP contribution is -2.14. The highest BCUT2D eigenvalue weighted by atomic mass is 79.9. The Balaban J connectivity index is 2.28. The number of hydrogen-bond donors (Lipinski definition) is 2. The fraction of sp³-hybridized carbons (Fsp3) is 0.143. The van der Waals surface area contributed by atoms with E-state index in [1.807, 2.05) is 25.1 Å². The van der Waals surface area contributed by atoms with Crippen LogP contribution in [0.25, 0.3) is 0 Å². The molecule has 0 saturated heterocycles. The highest BCUT2D eigenvalue weighted by Crippen LogP contribution is 2.23. The maximum absolute atomic E-state index is 12.3. The summed E-state index contributed by atoms with van der Waals surface area (Å²) in [7, 11) is 1.73. The topological polar surface area (TPSA) is 54.0 Å². The minimum atomic E-state index is -0.265. The quantitative estimate of drug-likeness (QED) is 0.872. The number of aryl methyl sites for hydroxylation is 1. The molecular formula is C14H13BrClN3O. The number of hydrogen-bond acceptors (Lipinski definition) is 3. The number of aromatic nitrogens is 1. The SMILES string of the molecule is CNc1cc(C(=O)Nc2ccc(Br)cc2C)c(Cl)cn1. The van der Waals surface area contributed by atoms with Gasteiger partial charge in [-0.05, 0) is 36.8 Å². The Labute approximate surface area is 130 Å². The van der Waals surface area contributed by atoms with Gasteiger partial charge in [-0.15, -0.1) is 0 Å². The van der Waals surface area contributed by atoms with Gasteiger partial charge in [0.25, 0.3) is 5.91 Å². The van der Waals surface area contributed by atoms with Crippen molar-refractivity contribution in [3.8, 4) is 0 Å². The summed E-state index contributed by atoms with van der Waals surface area (Å²) in [5.41, 5.74) is 2.09. The van der Waals surface area contributed by atoms with Gasteiger partial charge in [-0.2, -0.15) is 0 Å². The molecule has 0 fully saturated rings. The zero-order valence-electron chi connectivity index (χ0n) is 11.0. The van der Waals surface area contributed by atoms with Gasteiger partial charge in [0, 0.05) is 23.4 Å². The molecule has 1 aromatic heterocycles. The molecule has 104 valence electrons. The molecule has 1 aromatic carbocycles. The summed E-state index contributed by atoms with van der Waals surface area (Å²) < 4.78 is 0.965. The van der Waals surface area contributed by atoms with Gasteiger partial charge in [0.1, 0.15) is 5.82 Å². The number of halogens is 2. The zero-order valence-corrected chi connectivity index (χ0v) is 13.3. The molecule has 0 aliphatic carbocycles. The summed E-state index contributed by atoms with van der Waals surface area (Å²) in [6, 6.07) is 7.26. The molecule has 0 radical (unpaired) electrons. The molecule has 2 aromatic rings. The second kappa shape index (κ2) is 6.24. The van der Waals surface area contributed by atoms with E-state index in [4.69, 9.17) is 11.6 Å². The molecule has 0 unspecified atom stereocenters.